The molecule has 8 heteroatoms. The summed E-state index contributed by atoms with van der Waals surface area (Å²) in [5.74, 6) is -0.641. The van der Waals surface area contributed by atoms with Gasteiger partial charge in [0, 0.05) is 30.5 Å². The molecule has 23 heavy (non-hydrogen) atoms. The van der Waals surface area contributed by atoms with E-state index in [1.807, 2.05) is 4.90 Å². The monoisotopic (exact) mass is 344 g/mol. The molecule has 0 bridgehead atoms. The van der Waals surface area contributed by atoms with Crippen molar-refractivity contribution in [3.63, 3.8) is 0 Å². The maximum Gasteiger partial charge on any atom is 0.272 e. The number of sulfone groups is 1. The van der Waals surface area contributed by atoms with Gasteiger partial charge in [-0.2, -0.15) is 0 Å². The van der Waals surface area contributed by atoms with Crippen LogP contribution in [-0.2, 0) is 16.4 Å². The summed E-state index contributed by atoms with van der Waals surface area (Å²) >= 11 is 0. The summed E-state index contributed by atoms with van der Waals surface area (Å²) < 4.78 is 37.9. The van der Waals surface area contributed by atoms with Gasteiger partial charge in [-0.3, -0.25) is 15.0 Å². The average molecular weight is 344 g/mol. The number of hydrogen-bond acceptors (Lipinski definition) is 5. The van der Waals surface area contributed by atoms with Crippen LogP contribution in [0, 0.1) is 15.9 Å². The van der Waals surface area contributed by atoms with Gasteiger partial charge in [-0.05, 0) is 26.0 Å². The number of nitro groups is 1. The van der Waals surface area contributed by atoms with Gasteiger partial charge in [0.1, 0.15) is 5.82 Å². The van der Waals surface area contributed by atoms with Crippen LogP contribution in [0.25, 0.3) is 0 Å². The Morgan fingerprint density at radius 3 is 2.57 bits per heavy atom. The molecular formula is C15H21FN2O4S. The highest BCUT2D eigenvalue weighted by atomic mass is 32.2. The number of non-ortho nitro benzene ring substituents is 1. The first-order valence-corrected chi connectivity index (χ1v) is 9.47. The van der Waals surface area contributed by atoms with Crippen LogP contribution in [0.1, 0.15) is 31.2 Å². The van der Waals surface area contributed by atoms with E-state index >= 15 is 0 Å². The average Bonchev–Trinajstić information content (AvgIpc) is 2.48. The van der Waals surface area contributed by atoms with E-state index in [0.29, 0.717) is 12.0 Å². The Kier molecular flexibility index (Phi) is 5.36. The lowest BCUT2D eigenvalue weighted by molar-refractivity contribution is -0.385. The Bertz CT molecular complexity index is 693. The number of nitro benzene ring substituents is 1. The van der Waals surface area contributed by atoms with Crippen LogP contribution < -0.4 is 0 Å². The van der Waals surface area contributed by atoms with Crippen molar-refractivity contribution in [1.82, 2.24) is 4.90 Å². The largest absolute Gasteiger partial charge is 0.298 e. The fourth-order valence-corrected chi connectivity index (χ4v) is 4.75. The van der Waals surface area contributed by atoms with Crippen LogP contribution in [0.15, 0.2) is 18.2 Å². The van der Waals surface area contributed by atoms with E-state index in [-0.39, 0.29) is 18.3 Å². The molecule has 0 spiro atoms. The van der Waals surface area contributed by atoms with E-state index in [4.69, 9.17) is 0 Å². The van der Waals surface area contributed by atoms with Crippen molar-refractivity contribution in [2.45, 2.75) is 43.5 Å². The highest BCUT2D eigenvalue weighted by molar-refractivity contribution is 7.91. The van der Waals surface area contributed by atoms with Gasteiger partial charge in [-0.25, -0.2) is 12.8 Å². The van der Waals surface area contributed by atoms with Gasteiger partial charge in [0.15, 0.2) is 9.84 Å². The predicted octanol–water partition coefficient (Wildman–Crippen LogP) is 2.52. The minimum Gasteiger partial charge on any atom is -0.298 e. The van der Waals surface area contributed by atoms with Crippen LogP contribution >= 0.6 is 0 Å². The van der Waals surface area contributed by atoms with Gasteiger partial charge in [0.2, 0.25) is 0 Å². The minimum atomic E-state index is -3.17. The fourth-order valence-electron chi connectivity index (χ4n) is 3.24. The summed E-state index contributed by atoms with van der Waals surface area (Å²) in [7, 11) is -1.39. The molecule has 0 radical (unpaired) electrons. The second-order valence-electron chi connectivity index (χ2n) is 6.17. The Labute approximate surface area is 135 Å². The van der Waals surface area contributed by atoms with Crippen molar-refractivity contribution in [2.24, 2.45) is 0 Å². The molecule has 0 N–H and O–H groups in total. The summed E-state index contributed by atoms with van der Waals surface area (Å²) in [6.07, 6.45) is 4.45. The van der Waals surface area contributed by atoms with E-state index in [2.05, 4.69) is 0 Å². The molecule has 1 aromatic rings. The number of benzene rings is 1. The normalized spacial score (nSPS) is 22.3. The molecule has 1 fully saturated rings. The molecule has 1 aliphatic rings. The van der Waals surface area contributed by atoms with Crippen LogP contribution in [0.2, 0.25) is 0 Å². The van der Waals surface area contributed by atoms with Crippen molar-refractivity contribution in [1.29, 1.82) is 0 Å². The molecule has 0 aromatic heterocycles. The van der Waals surface area contributed by atoms with E-state index in [1.54, 1.807) is 7.05 Å². The first-order valence-electron chi connectivity index (χ1n) is 7.52. The smallest absolute Gasteiger partial charge is 0.272 e. The third-order valence-corrected chi connectivity index (χ3v) is 6.10. The molecule has 0 unspecified atom stereocenters. The van der Waals surface area contributed by atoms with Crippen molar-refractivity contribution >= 4 is 15.5 Å². The Morgan fingerprint density at radius 1 is 1.35 bits per heavy atom. The summed E-state index contributed by atoms with van der Waals surface area (Å²) in [5, 5.41) is 10.2. The Hall–Kier alpha value is -1.54. The minimum absolute atomic E-state index is 0.159. The standard InChI is InChI=1S/C15H21FN2O4S/c1-17(14-5-3-4-6-15(14)23(2,21)22)10-11-7-8-12(18(19)20)9-13(11)16/h7-9,14-15H,3-6,10H2,1-2H3/t14-,15-/m1/s1. The van der Waals surface area contributed by atoms with E-state index < -0.39 is 25.8 Å². The molecule has 6 nitrogen and oxygen atoms in total. The van der Waals surface area contributed by atoms with Crippen molar-refractivity contribution in [2.75, 3.05) is 13.3 Å². The van der Waals surface area contributed by atoms with E-state index in [0.717, 1.165) is 25.3 Å². The molecule has 1 saturated carbocycles. The molecule has 0 amide bonds. The molecule has 128 valence electrons. The van der Waals surface area contributed by atoms with Crippen LogP contribution in [0.4, 0.5) is 10.1 Å². The summed E-state index contributed by atoms with van der Waals surface area (Å²) in [4.78, 5) is 11.9. The zero-order chi connectivity index (χ0) is 17.2. The molecular weight excluding hydrogens is 323 g/mol. The van der Waals surface area contributed by atoms with Gasteiger partial charge in [0.25, 0.3) is 5.69 Å². The number of halogens is 1. The van der Waals surface area contributed by atoms with Crippen molar-refractivity contribution < 1.29 is 17.7 Å². The van der Waals surface area contributed by atoms with E-state index in [9.17, 15) is 22.9 Å². The topological polar surface area (TPSA) is 80.5 Å². The molecule has 0 heterocycles. The zero-order valence-corrected chi connectivity index (χ0v) is 14.1. The lowest BCUT2D eigenvalue weighted by Crippen LogP contribution is -2.46. The quantitative estimate of drug-likeness (QED) is 0.606. The number of rotatable bonds is 5. The van der Waals surface area contributed by atoms with Crippen LogP contribution in [0.5, 0.6) is 0 Å². The first-order chi connectivity index (χ1) is 10.7. The first kappa shape index (κ1) is 17.8. The predicted molar refractivity (Wildman–Crippen MR) is 85.4 cm³/mol. The summed E-state index contributed by atoms with van der Waals surface area (Å²) in [5.41, 5.74) is 0.0384. The second kappa shape index (κ2) is 6.92. The maximum absolute atomic E-state index is 14.0. The fraction of sp³-hybridized carbons (Fsp3) is 0.600. The molecule has 2 rings (SSSR count). The van der Waals surface area contributed by atoms with Gasteiger partial charge in [-0.15, -0.1) is 0 Å². The summed E-state index contributed by atoms with van der Waals surface area (Å²) in [6, 6.07) is 3.40. The summed E-state index contributed by atoms with van der Waals surface area (Å²) in [6.45, 7) is 0.223. The van der Waals surface area contributed by atoms with Gasteiger partial charge in [0.05, 0.1) is 16.2 Å². The van der Waals surface area contributed by atoms with Crippen LogP contribution in [-0.4, -0.2) is 42.8 Å². The molecule has 0 aliphatic heterocycles. The van der Waals surface area contributed by atoms with Gasteiger partial charge in [-0.1, -0.05) is 12.8 Å². The van der Waals surface area contributed by atoms with E-state index in [1.165, 1.54) is 18.4 Å². The number of nitrogens with zero attached hydrogens (tertiary/aromatic N) is 2. The highest BCUT2D eigenvalue weighted by Gasteiger charge is 2.35. The molecule has 0 saturated heterocycles. The van der Waals surface area contributed by atoms with Gasteiger partial charge < -0.3 is 0 Å². The second-order valence-corrected chi connectivity index (χ2v) is 8.43. The Morgan fingerprint density at radius 2 is 2.00 bits per heavy atom. The van der Waals surface area contributed by atoms with Crippen LogP contribution in [0.3, 0.4) is 0 Å². The molecule has 1 aromatic carbocycles. The maximum atomic E-state index is 14.0. The van der Waals surface area contributed by atoms with Crippen molar-refractivity contribution in [3.8, 4) is 0 Å². The highest BCUT2D eigenvalue weighted by Crippen LogP contribution is 2.29. The third kappa shape index (κ3) is 4.26. The molecule has 1 aliphatic carbocycles. The lowest BCUT2D eigenvalue weighted by Gasteiger charge is -2.37. The SMILES string of the molecule is CN(Cc1ccc([N+](=O)[O-])cc1F)[C@@H]1CCCC[C@H]1S(C)(=O)=O. The molecule has 2 atom stereocenters. The van der Waals surface area contributed by atoms with Gasteiger partial charge >= 0.3 is 0 Å². The lowest BCUT2D eigenvalue weighted by atomic mass is 9.93. The zero-order valence-electron chi connectivity index (χ0n) is 13.2. The third-order valence-electron chi connectivity index (χ3n) is 4.45. The van der Waals surface area contributed by atoms with Crippen molar-refractivity contribution in [3.05, 3.63) is 39.7 Å². The number of hydrogen-bond donors (Lipinski definition) is 0. The Balaban J connectivity index is 2.17.